The topological polar surface area (TPSA) is 89.5 Å². The maximum Gasteiger partial charge on any atom is 0.417 e. The van der Waals surface area contributed by atoms with Gasteiger partial charge in [0.25, 0.3) is 5.91 Å². The number of aromatic nitrogens is 2. The van der Waals surface area contributed by atoms with Gasteiger partial charge in [0.1, 0.15) is 5.69 Å². The molecule has 0 spiro atoms. The van der Waals surface area contributed by atoms with Crippen LogP contribution in [0.3, 0.4) is 0 Å². The predicted octanol–water partition coefficient (Wildman–Crippen LogP) is 6.86. The monoisotopic (exact) mass is 649 g/mol. The van der Waals surface area contributed by atoms with Crippen molar-refractivity contribution >= 4 is 27.3 Å². The Balaban J connectivity index is 1.62. The molecule has 1 unspecified atom stereocenters. The first-order valence-corrected chi connectivity index (χ1v) is 14.9. The molecule has 1 fully saturated rings. The lowest BCUT2D eigenvalue weighted by molar-refractivity contribution is -0.138. The highest BCUT2D eigenvalue weighted by Gasteiger charge is 2.49. The summed E-state index contributed by atoms with van der Waals surface area (Å²) >= 11 is 6.73. The molecular formula is C28H26ClF6N3O4S. The number of carbonyl (C=O) groups excluding carboxylic acids is 1. The number of halogens is 7. The number of amides is 1. The molecule has 4 rings (SSSR count). The van der Waals surface area contributed by atoms with Gasteiger partial charge in [0.15, 0.2) is 14.0 Å². The van der Waals surface area contributed by atoms with Crippen LogP contribution in [0.4, 0.5) is 26.3 Å². The molecule has 1 atom stereocenters. The average Bonchev–Trinajstić information content (AvgIpc) is 2.99. The van der Waals surface area contributed by atoms with E-state index in [1.807, 2.05) is 0 Å². The second kappa shape index (κ2) is 11.9. The number of alkyl halides is 7. The second-order valence-corrected chi connectivity index (χ2v) is 13.0. The molecule has 232 valence electrons. The molecule has 2 aromatic heterocycles. The minimum absolute atomic E-state index is 0.0222. The Bertz CT molecular complexity index is 1610. The molecule has 1 saturated heterocycles. The van der Waals surface area contributed by atoms with Crippen molar-refractivity contribution in [3.8, 4) is 17.0 Å². The normalized spacial score (nSPS) is 16.5. The fourth-order valence-corrected chi connectivity index (χ4v) is 7.62. The number of rotatable bonds is 7. The molecule has 0 aliphatic carbocycles. The second-order valence-electron chi connectivity index (χ2n) is 9.91. The largest absolute Gasteiger partial charge is 0.481 e. The van der Waals surface area contributed by atoms with Crippen LogP contribution in [0, 0.1) is 5.92 Å². The highest BCUT2D eigenvalue weighted by atomic mass is 35.5. The van der Waals surface area contributed by atoms with Gasteiger partial charge in [-0.15, -0.1) is 11.6 Å². The molecule has 0 radical (unpaired) electrons. The van der Waals surface area contributed by atoms with Crippen LogP contribution in [0.25, 0.3) is 11.1 Å². The highest BCUT2D eigenvalue weighted by molar-refractivity contribution is 7.94. The average molecular weight is 650 g/mol. The molecule has 43 heavy (non-hydrogen) atoms. The zero-order valence-electron chi connectivity index (χ0n) is 22.8. The van der Waals surface area contributed by atoms with E-state index in [1.165, 1.54) is 37.3 Å². The first-order valence-electron chi connectivity index (χ1n) is 13.0. The van der Waals surface area contributed by atoms with Crippen molar-refractivity contribution in [1.82, 2.24) is 14.9 Å². The van der Waals surface area contributed by atoms with Crippen molar-refractivity contribution in [2.75, 3.05) is 20.2 Å². The number of nitrogens with zero attached hydrogens (tertiary/aromatic N) is 3. The van der Waals surface area contributed by atoms with Crippen LogP contribution in [0.2, 0.25) is 0 Å². The zero-order valence-corrected chi connectivity index (χ0v) is 24.4. The van der Waals surface area contributed by atoms with Crippen LogP contribution < -0.4 is 4.74 Å². The van der Waals surface area contributed by atoms with Crippen molar-refractivity contribution in [2.24, 2.45) is 5.92 Å². The van der Waals surface area contributed by atoms with Crippen LogP contribution in [-0.2, 0) is 22.2 Å². The number of piperidine rings is 1. The van der Waals surface area contributed by atoms with Crippen LogP contribution in [0.5, 0.6) is 5.88 Å². The molecule has 0 bridgehead atoms. The molecule has 3 heterocycles. The number of carbonyl (C=O) groups is 1. The number of sulfone groups is 1. The van der Waals surface area contributed by atoms with E-state index in [0.717, 1.165) is 24.3 Å². The maximum atomic E-state index is 13.6. The number of benzene rings is 1. The molecule has 1 aromatic carbocycles. The summed E-state index contributed by atoms with van der Waals surface area (Å²) in [6.07, 6.45) is -7.59. The minimum atomic E-state index is -4.76. The molecule has 0 N–H and O–H groups in total. The van der Waals surface area contributed by atoms with Gasteiger partial charge >= 0.3 is 12.4 Å². The summed E-state index contributed by atoms with van der Waals surface area (Å²) in [6.45, 7) is 1.46. The molecule has 7 nitrogen and oxygen atoms in total. The van der Waals surface area contributed by atoms with Gasteiger partial charge in [0, 0.05) is 36.6 Å². The van der Waals surface area contributed by atoms with E-state index in [9.17, 15) is 39.6 Å². The van der Waals surface area contributed by atoms with E-state index < -0.39 is 54.2 Å². The van der Waals surface area contributed by atoms with Gasteiger partial charge in [0.05, 0.1) is 23.1 Å². The fourth-order valence-electron chi connectivity index (χ4n) is 5.15. The van der Waals surface area contributed by atoms with Gasteiger partial charge in [0.2, 0.25) is 5.88 Å². The Morgan fingerprint density at radius 1 is 0.977 bits per heavy atom. The summed E-state index contributed by atoms with van der Waals surface area (Å²) in [6, 6.07) is 7.05. The number of likely N-dealkylation sites (tertiary alicyclic amines) is 1. The summed E-state index contributed by atoms with van der Waals surface area (Å²) in [5.74, 6) is -1.47. The first kappa shape index (κ1) is 32.5. The van der Waals surface area contributed by atoms with Crippen LogP contribution in [-0.4, -0.2) is 53.6 Å². The van der Waals surface area contributed by atoms with Crippen molar-refractivity contribution in [1.29, 1.82) is 0 Å². The van der Waals surface area contributed by atoms with Crippen molar-refractivity contribution in [3.63, 3.8) is 0 Å². The summed E-state index contributed by atoms with van der Waals surface area (Å²) in [5.41, 5.74) is -2.55. The molecule has 0 saturated carbocycles. The standard InChI is InChI=1S/C28H26ClF6N3O4S/c1-3-26(29,43(40,41)20-7-4-6-18(14-20)27(30,31)32)17-9-12-38(13-10-17)25(39)23-22(15-19(16-37-23)28(33,34)35)21-8-5-11-36-24(21)42-2/h4-8,11,14-17H,3,9-10,12-13H2,1-2H3. The lowest BCUT2D eigenvalue weighted by atomic mass is 9.91. The quantitative estimate of drug-likeness (QED) is 0.205. The summed E-state index contributed by atoms with van der Waals surface area (Å²) in [4.78, 5) is 22.2. The van der Waals surface area contributed by atoms with Crippen molar-refractivity contribution in [2.45, 2.75) is 47.6 Å². The third-order valence-electron chi connectivity index (χ3n) is 7.46. The number of hydrogen-bond acceptors (Lipinski definition) is 6. The van der Waals surface area contributed by atoms with Gasteiger partial charge in [-0.25, -0.2) is 18.4 Å². The minimum Gasteiger partial charge on any atom is -0.481 e. The molecule has 1 aliphatic heterocycles. The molecule has 15 heteroatoms. The van der Waals surface area contributed by atoms with E-state index in [1.54, 1.807) is 0 Å². The Hall–Kier alpha value is -3.39. The number of ether oxygens (including phenoxy) is 1. The Morgan fingerprint density at radius 2 is 1.63 bits per heavy atom. The first-order chi connectivity index (χ1) is 20.0. The lowest BCUT2D eigenvalue weighted by Gasteiger charge is -2.40. The summed E-state index contributed by atoms with van der Waals surface area (Å²) in [7, 11) is -3.19. The Labute approximate surface area is 248 Å². The summed E-state index contributed by atoms with van der Waals surface area (Å²) in [5, 5.41) is 0. The fraction of sp³-hybridized carbons (Fsp3) is 0.393. The van der Waals surface area contributed by atoms with Crippen molar-refractivity contribution in [3.05, 3.63) is 71.7 Å². The third kappa shape index (κ3) is 6.30. The Kier molecular flexibility index (Phi) is 9.04. The van der Waals surface area contributed by atoms with E-state index >= 15 is 0 Å². The highest BCUT2D eigenvalue weighted by Crippen LogP contribution is 2.45. The predicted molar refractivity (Wildman–Crippen MR) is 145 cm³/mol. The van der Waals surface area contributed by atoms with Gasteiger partial charge < -0.3 is 9.64 Å². The molecule has 3 aromatic rings. The van der Waals surface area contributed by atoms with Gasteiger partial charge in [-0.3, -0.25) is 4.79 Å². The third-order valence-corrected chi connectivity index (χ3v) is 11.0. The number of methoxy groups -OCH3 is 1. The van der Waals surface area contributed by atoms with Crippen LogP contribution in [0.15, 0.2) is 59.8 Å². The molecular weight excluding hydrogens is 624 g/mol. The SMILES string of the molecule is CCC(Cl)(C1CCN(C(=O)c2ncc(C(F)(F)F)cc2-c2cccnc2OC)CC1)S(=O)(=O)c1cccc(C(F)(F)F)c1. The Morgan fingerprint density at radius 3 is 2.21 bits per heavy atom. The smallest absolute Gasteiger partial charge is 0.417 e. The van der Waals surface area contributed by atoms with Crippen LogP contribution >= 0.6 is 11.6 Å². The zero-order chi connectivity index (χ0) is 31.8. The maximum absolute atomic E-state index is 13.6. The van der Waals surface area contributed by atoms with Crippen LogP contribution in [0.1, 0.15) is 47.8 Å². The lowest BCUT2D eigenvalue weighted by Crippen LogP contribution is -2.47. The van der Waals surface area contributed by atoms with E-state index in [-0.39, 0.29) is 55.1 Å². The van der Waals surface area contributed by atoms with Gasteiger partial charge in [-0.05, 0) is 61.6 Å². The van der Waals surface area contributed by atoms with E-state index in [0.29, 0.717) is 12.3 Å². The van der Waals surface area contributed by atoms with Crippen molar-refractivity contribution < 1.29 is 44.3 Å². The van der Waals surface area contributed by atoms with Gasteiger partial charge in [-0.1, -0.05) is 13.0 Å². The summed E-state index contributed by atoms with van der Waals surface area (Å²) < 4.78 is 111. The van der Waals surface area contributed by atoms with Gasteiger partial charge in [-0.2, -0.15) is 26.3 Å². The van der Waals surface area contributed by atoms with E-state index in [4.69, 9.17) is 16.3 Å². The number of hydrogen-bond donors (Lipinski definition) is 0. The molecule has 1 amide bonds. The van der Waals surface area contributed by atoms with E-state index in [2.05, 4.69) is 9.97 Å². The molecule has 1 aliphatic rings. The number of pyridine rings is 2.